The standard InChI is InChI=1S/C42H59NO8S/c1-9-28-16-11-10-14-24(3)39(45)33-20-31-30-18-29(51-42(35(48-8)22-46-6)49-26(5)25(4)47-7)19-34(30)40-38(37(31)32(33)21-36(44)50-28)43-41(52-40)27-15-12-13-23(2)17-27/h12-13,15,17,20,24-26,28-32,34-35,37,42H,9-11,14,16,18-19,21-22H2,1-8H3/t24-,25-,26?,28+,29+,30+,31?,32-,34?,35+,37?,42?/m1/s1. The average molecular weight is 738 g/mol. The second kappa shape index (κ2) is 17.3. The number of allylic oxidation sites excluding steroid dienone is 2. The zero-order valence-corrected chi connectivity index (χ0v) is 33.1. The van der Waals surface area contributed by atoms with Crippen LogP contribution in [0.5, 0.6) is 0 Å². The number of nitrogens with zero attached hydrogens (tertiary/aromatic N) is 1. The molecule has 12 atom stereocenters. The van der Waals surface area contributed by atoms with Crippen molar-refractivity contribution >= 4 is 23.1 Å². The molecule has 0 N–H and O–H groups in total. The summed E-state index contributed by atoms with van der Waals surface area (Å²) >= 11 is 1.76. The molecule has 0 bridgehead atoms. The highest BCUT2D eigenvalue weighted by Gasteiger charge is 2.56. The van der Waals surface area contributed by atoms with E-state index in [9.17, 15) is 9.59 Å². The minimum Gasteiger partial charge on any atom is -0.462 e. The zero-order chi connectivity index (χ0) is 37.1. The summed E-state index contributed by atoms with van der Waals surface area (Å²) in [6.45, 7) is 10.5. The summed E-state index contributed by atoms with van der Waals surface area (Å²) in [5.74, 6) is -0.0275. The van der Waals surface area contributed by atoms with Crippen LogP contribution in [0.2, 0.25) is 0 Å². The second-order valence-corrected chi connectivity index (χ2v) is 16.7. The molecule has 0 spiro atoms. The highest BCUT2D eigenvalue weighted by Crippen LogP contribution is 2.63. The Balaban J connectivity index is 1.39. The predicted molar refractivity (Wildman–Crippen MR) is 201 cm³/mol. The molecule has 1 saturated heterocycles. The van der Waals surface area contributed by atoms with Gasteiger partial charge in [0.2, 0.25) is 0 Å². The lowest BCUT2D eigenvalue weighted by Gasteiger charge is -2.37. The van der Waals surface area contributed by atoms with Gasteiger partial charge in [-0.15, -0.1) is 11.3 Å². The topological polar surface area (TPSA) is 102 Å². The van der Waals surface area contributed by atoms with Crippen LogP contribution >= 0.6 is 11.3 Å². The normalized spacial score (nSPS) is 31.5. The van der Waals surface area contributed by atoms with Crippen molar-refractivity contribution in [3.63, 3.8) is 0 Å². The predicted octanol–water partition coefficient (Wildman–Crippen LogP) is 8.19. The number of rotatable bonds is 12. The van der Waals surface area contributed by atoms with Crippen LogP contribution in [0.3, 0.4) is 0 Å². The molecular formula is C42H59NO8S. The number of aryl methyl sites for hydroxylation is 1. The van der Waals surface area contributed by atoms with Crippen LogP contribution in [-0.4, -0.2) is 81.5 Å². The number of hydrogen-bond acceptors (Lipinski definition) is 10. The number of ether oxygens (including phenoxy) is 6. The molecule has 5 unspecified atom stereocenters. The molecule has 1 aromatic heterocycles. The van der Waals surface area contributed by atoms with E-state index in [0.29, 0.717) is 6.61 Å². The first-order chi connectivity index (χ1) is 25.1. The van der Waals surface area contributed by atoms with Crippen LogP contribution in [0.15, 0.2) is 35.9 Å². The minimum absolute atomic E-state index is 0.0543. The molecule has 52 heavy (non-hydrogen) atoms. The van der Waals surface area contributed by atoms with Crippen molar-refractivity contribution in [1.29, 1.82) is 0 Å². The van der Waals surface area contributed by atoms with Gasteiger partial charge in [-0.1, -0.05) is 50.1 Å². The fourth-order valence-corrected chi connectivity index (χ4v) is 10.4. The summed E-state index contributed by atoms with van der Waals surface area (Å²) in [5, 5.41) is 0.982. The Bertz CT molecular complexity index is 1570. The average Bonchev–Trinajstić information content (AvgIpc) is 3.86. The maximum Gasteiger partial charge on any atom is 0.306 e. The van der Waals surface area contributed by atoms with E-state index in [4.69, 9.17) is 33.4 Å². The van der Waals surface area contributed by atoms with Crippen LogP contribution < -0.4 is 0 Å². The number of cyclic esters (lactones) is 1. The Kier molecular flexibility index (Phi) is 13.1. The molecule has 0 radical (unpaired) electrons. The van der Waals surface area contributed by atoms with E-state index in [1.54, 1.807) is 32.7 Å². The van der Waals surface area contributed by atoms with E-state index in [2.05, 4.69) is 51.1 Å². The summed E-state index contributed by atoms with van der Waals surface area (Å²) in [5.41, 5.74) is 4.12. The third-order valence-electron chi connectivity index (χ3n) is 12.2. The molecule has 2 aromatic rings. The highest BCUT2D eigenvalue weighted by atomic mass is 32.1. The first-order valence-electron chi connectivity index (χ1n) is 19.4. The van der Waals surface area contributed by atoms with Crippen molar-refractivity contribution in [1.82, 2.24) is 4.98 Å². The summed E-state index contributed by atoms with van der Waals surface area (Å²) in [4.78, 5) is 34.7. The van der Waals surface area contributed by atoms with Crippen LogP contribution in [-0.2, 0) is 38.0 Å². The lowest BCUT2D eigenvalue weighted by Crippen LogP contribution is -2.43. The van der Waals surface area contributed by atoms with Crippen LogP contribution in [0.1, 0.15) is 107 Å². The van der Waals surface area contributed by atoms with Gasteiger partial charge in [-0.3, -0.25) is 9.59 Å². The highest BCUT2D eigenvalue weighted by molar-refractivity contribution is 7.15. The largest absolute Gasteiger partial charge is 0.462 e. The van der Waals surface area contributed by atoms with Gasteiger partial charge in [0.1, 0.15) is 17.2 Å². The van der Waals surface area contributed by atoms with Crippen molar-refractivity contribution < 1.29 is 38.0 Å². The van der Waals surface area contributed by atoms with Gasteiger partial charge >= 0.3 is 5.97 Å². The molecule has 1 aliphatic heterocycles. The number of benzene rings is 1. The molecule has 9 nitrogen and oxygen atoms in total. The molecular weight excluding hydrogens is 679 g/mol. The van der Waals surface area contributed by atoms with Crippen LogP contribution in [0, 0.1) is 30.6 Å². The van der Waals surface area contributed by atoms with E-state index in [0.717, 1.165) is 66.8 Å². The van der Waals surface area contributed by atoms with Gasteiger partial charge in [0.15, 0.2) is 12.1 Å². The summed E-state index contributed by atoms with van der Waals surface area (Å²) in [7, 11) is 4.98. The monoisotopic (exact) mass is 737 g/mol. The summed E-state index contributed by atoms with van der Waals surface area (Å²) in [6, 6.07) is 8.49. The van der Waals surface area contributed by atoms with E-state index in [-0.39, 0.29) is 78.1 Å². The molecule has 6 rings (SSSR count). The minimum atomic E-state index is -0.664. The zero-order valence-electron chi connectivity index (χ0n) is 32.3. The quantitative estimate of drug-likeness (QED) is 0.158. The molecule has 10 heteroatoms. The third-order valence-corrected chi connectivity index (χ3v) is 13.5. The van der Waals surface area contributed by atoms with Gasteiger partial charge < -0.3 is 28.4 Å². The number of carbonyl (C=O) groups excluding carboxylic acids is 2. The van der Waals surface area contributed by atoms with E-state index >= 15 is 0 Å². The van der Waals surface area contributed by atoms with E-state index in [1.807, 2.05) is 13.8 Å². The number of aromatic nitrogens is 1. The Hall–Kier alpha value is -2.47. The number of methoxy groups -OCH3 is 3. The molecule has 2 fully saturated rings. The molecule has 3 aliphatic carbocycles. The summed E-state index contributed by atoms with van der Waals surface area (Å²) < 4.78 is 36.4. The third kappa shape index (κ3) is 8.27. The molecule has 4 aliphatic rings. The van der Waals surface area contributed by atoms with Gasteiger partial charge in [0.25, 0.3) is 0 Å². The fourth-order valence-electron chi connectivity index (χ4n) is 9.10. The molecule has 0 amide bonds. The number of esters is 1. The van der Waals surface area contributed by atoms with E-state index in [1.165, 1.54) is 10.4 Å². The van der Waals surface area contributed by atoms with Gasteiger partial charge in [-0.05, 0) is 82.8 Å². The SMILES string of the molecule is CC[C@H]1CCCC[C@@H](C)C(=O)C2=CC3C(c4nc(-c5cccc(C)c5)sc4C4C[C@@H](OC(OC(C)[C@@H](C)OC)[C@H](COC)OC)C[C@H]43)[C@@H]2CC(=O)O1. The fraction of sp³-hybridized carbons (Fsp3) is 0.690. The first-order valence-corrected chi connectivity index (χ1v) is 20.3. The number of Topliss-reactive ketones (excluding diaryl/α,β-unsaturated/α-hetero) is 1. The number of thiazole rings is 1. The van der Waals surface area contributed by atoms with Crippen molar-refractivity contribution in [3.05, 3.63) is 52.0 Å². The van der Waals surface area contributed by atoms with Gasteiger partial charge in [-0.2, -0.15) is 0 Å². The maximum atomic E-state index is 14.3. The Morgan fingerprint density at radius 3 is 2.52 bits per heavy atom. The first kappa shape index (κ1) is 39.2. The number of ketones is 1. The second-order valence-electron chi connectivity index (χ2n) is 15.6. The smallest absolute Gasteiger partial charge is 0.306 e. The van der Waals surface area contributed by atoms with Gasteiger partial charge in [0.05, 0.1) is 37.0 Å². The lowest BCUT2D eigenvalue weighted by molar-refractivity contribution is -0.255. The van der Waals surface area contributed by atoms with Crippen molar-refractivity contribution in [3.8, 4) is 10.6 Å². The van der Waals surface area contributed by atoms with Crippen LogP contribution in [0.4, 0.5) is 0 Å². The Morgan fingerprint density at radius 2 is 1.81 bits per heavy atom. The molecule has 1 aromatic carbocycles. The van der Waals surface area contributed by atoms with Crippen molar-refractivity contribution in [2.45, 2.75) is 135 Å². The van der Waals surface area contributed by atoms with Crippen molar-refractivity contribution in [2.75, 3.05) is 27.9 Å². The van der Waals surface area contributed by atoms with Crippen LogP contribution in [0.25, 0.3) is 10.6 Å². The Labute approximate surface area is 314 Å². The lowest BCUT2D eigenvalue weighted by atomic mass is 9.67. The molecule has 1 saturated carbocycles. The Morgan fingerprint density at radius 1 is 1.02 bits per heavy atom. The van der Waals surface area contributed by atoms with E-state index < -0.39 is 12.4 Å². The molecule has 286 valence electrons. The number of hydrogen-bond donors (Lipinski definition) is 0. The number of carbonyl (C=O) groups is 2. The molecule has 2 heterocycles. The summed E-state index contributed by atoms with van der Waals surface area (Å²) in [6.07, 6.45) is 6.73. The van der Waals surface area contributed by atoms with Gasteiger partial charge in [0, 0.05) is 55.4 Å². The van der Waals surface area contributed by atoms with Crippen molar-refractivity contribution in [2.24, 2.45) is 23.7 Å². The van der Waals surface area contributed by atoms with Gasteiger partial charge in [-0.25, -0.2) is 4.98 Å². The number of fused-ring (bicyclic) bond motifs is 8. The maximum absolute atomic E-state index is 14.3.